The SMILES string of the molecule is C[C@@H](NC(=O)CN1CCOCC1=O)[C@H]1C[C@H]2CC[C@H]1C2. The van der Waals surface area contributed by atoms with Crippen molar-refractivity contribution < 1.29 is 14.3 Å². The second-order valence-corrected chi connectivity index (χ2v) is 6.56. The molecule has 0 radical (unpaired) electrons. The van der Waals surface area contributed by atoms with Crippen LogP contribution >= 0.6 is 0 Å². The van der Waals surface area contributed by atoms with Gasteiger partial charge in [-0.05, 0) is 43.9 Å². The number of ether oxygens (including phenoxy) is 1. The molecule has 0 spiro atoms. The maximum atomic E-state index is 12.1. The number of amides is 2. The van der Waals surface area contributed by atoms with Crippen LogP contribution in [0.3, 0.4) is 0 Å². The molecule has 20 heavy (non-hydrogen) atoms. The van der Waals surface area contributed by atoms with Crippen LogP contribution in [0, 0.1) is 17.8 Å². The fourth-order valence-electron chi connectivity index (χ4n) is 4.20. The van der Waals surface area contributed by atoms with Gasteiger partial charge in [0.25, 0.3) is 0 Å². The molecule has 2 aliphatic carbocycles. The van der Waals surface area contributed by atoms with Crippen molar-refractivity contribution in [3.8, 4) is 0 Å². The lowest BCUT2D eigenvalue weighted by atomic mass is 9.84. The van der Waals surface area contributed by atoms with E-state index in [0.717, 1.165) is 11.8 Å². The molecule has 3 rings (SSSR count). The number of nitrogens with one attached hydrogen (secondary N) is 1. The van der Waals surface area contributed by atoms with Crippen LogP contribution in [0.4, 0.5) is 0 Å². The first-order valence-electron chi connectivity index (χ1n) is 7.78. The van der Waals surface area contributed by atoms with Crippen LogP contribution in [0.25, 0.3) is 0 Å². The zero-order valence-electron chi connectivity index (χ0n) is 12.1. The molecule has 0 aromatic carbocycles. The summed E-state index contributed by atoms with van der Waals surface area (Å²) in [5.74, 6) is 2.22. The Bertz CT molecular complexity index is 399. The van der Waals surface area contributed by atoms with Gasteiger partial charge in [0.15, 0.2) is 0 Å². The summed E-state index contributed by atoms with van der Waals surface area (Å²) in [6.45, 7) is 3.45. The summed E-state index contributed by atoms with van der Waals surface area (Å²) in [7, 11) is 0. The minimum Gasteiger partial charge on any atom is -0.370 e. The Morgan fingerprint density at radius 1 is 1.45 bits per heavy atom. The lowest BCUT2D eigenvalue weighted by molar-refractivity contribution is -0.146. The molecule has 1 heterocycles. The Labute approximate surface area is 120 Å². The number of hydrogen-bond acceptors (Lipinski definition) is 3. The van der Waals surface area contributed by atoms with E-state index in [0.29, 0.717) is 19.1 Å². The van der Waals surface area contributed by atoms with Crippen LogP contribution in [-0.4, -0.2) is 49.1 Å². The second kappa shape index (κ2) is 5.72. The van der Waals surface area contributed by atoms with E-state index in [2.05, 4.69) is 12.2 Å². The summed E-state index contributed by atoms with van der Waals surface area (Å²) < 4.78 is 5.07. The highest BCUT2D eigenvalue weighted by Crippen LogP contribution is 2.49. The number of nitrogens with zero attached hydrogens (tertiary/aromatic N) is 1. The third kappa shape index (κ3) is 2.82. The van der Waals surface area contributed by atoms with Crippen molar-refractivity contribution in [3.05, 3.63) is 0 Å². The van der Waals surface area contributed by atoms with E-state index in [1.54, 1.807) is 4.90 Å². The number of carbonyl (C=O) groups excluding carboxylic acids is 2. The first-order chi connectivity index (χ1) is 9.63. The van der Waals surface area contributed by atoms with Crippen molar-refractivity contribution in [1.82, 2.24) is 10.2 Å². The van der Waals surface area contributed by atoms with Gasteiger partial charge in [0, 0.05) is 12.6 Å². The van der Waals surface area contributed by atoms with E-state index in [4.69, 9.17) is 4.74 Å². The largest absolute Gasteiger partial charge is 0.370 e. The molecule has 0 aromatic rings. The molecule has 3 fully saturated rings. The Hall–Kier alpha value is -1.10. The highest BCUT2D eigenvalue weighted by atomic mass is 16.5. The molecule has 0 aromatic heterocycles. The predicted molar refractivity (Wildman–Crippen MR) is 73.9 cm³/mol. The van der Waals surface area contributed by atoms with Crippen molar-refractivity contribution in [2.24, 2.45) is 17.8 Å². The molecule has 2 amide bonds. The van der Waals surface area contributed by atoms with Gasteiger partial charge in [-0.1, -0.05) is 6.42 Å². The van der Waals surface area contributed by atoms with Crippen molar-refractivity contribution in [2.45, 2.75) is 38.6 Å². The van der Waals surface area contributed by atoms with Gasteiger partial charge in [0.2, 0.25) is 11.8 Å². The lowest BCUT2D eigenvalue weighted by Crippen LogP contribution is -2.49. The van der Waals surface area contributed by atoms with Crippen LogP contribution in [0.1, 0.15) is 32.6 Å². The van der Waals surface area contributed by atoms with Gasteiger partial charge < -0.3 is 15.0 Å². The van der Waals surface area contributed by atoms with Gasteiger partial charge in [-0.15, -0.1) is 0 Å². The van der Waals surface area contributed by atoms with Crippen LogP contribution in [-0.2, 0) is 14.3 Å². The first kappa shape index (κ1) is 13.9. The van der Waals surface area contributed by atoms with E-state index >= 15 is 0 Å². The smallest absolute Gasteiger partial charge is 0.249 e. The molecule has 112 valence electrons. The minimum absolute atomic E-state index is 0.0319. The molecular formula is C15H24N2O3. The van der Waals surface area contributed by atoms with Crippen molar-refractivity contribution in [1.29, 1.82) is 0 Å². The number of carbonyl (C=O) groups is 2. The maximum Gasteiger partial charge on any atom is 0.249 e. The number of morpholine rings is 1. The Morgan fingerprint density at radius 3 is 2.95 bits per heavy atom. The molecule has 5 heteroatoms. The van der Waals surface area contributed by atoms with Crippen molar-refractivity contribution in [2.75, 3.05) is 26.3 Å². The molecule has 3 aliphatic rings. The molecule has 1 saturated heterocycles. The van der Waals surface area contributed by atoms with Gasteiger partial charge in [-0.25, -0.2) is 0 Å². The van der Waals surface area contributed by atoms with Gasteiger partial charge in [-0.2, -0.15) is 0 Å². The third-order valence-electron chi connectivity index (χ3n) is 5.24. The van der Waals surface area contributed by atoms with Crippen molar-refractivity contribution >= 4 is 11.8 Å². The number of rotatable bonds is 4. The van der Waals surface area contributed by atoms with E-state index in [1.807, 2.05) is 0 Å². The molecule has 0 unspecified atom stereocenters. The van der Waals surface area contributed by atoms with Crippen LogP contribution in [0.2, 0.25) is 0 Å². The van der Waals surface area contributed by atoms with Gasteiger partial charge in [0.1, 0.15) is 6.61 Å². The Kier molecular flexibility index (Phi) is 3.96. The van der Waals surface area contributed by atoms with E-state index in [-0.39, 0.29) is 31.0 Å². The van der Waals surface area contributed by atoms with Gasteiger partial charge in [0.05, 0.1) is 13.2 Å². The third-order valence-corrected chi connectivity index (χ3v) is 5.24. The fraction of sp³-hybridized carbons (Fsp3) is 0.867. The summed E-state index contributed by atoms with van der Waals surface area (Å²) in [5, 5.41) is 3.10. The van der Waals surface area contributed by atoms with Crippen LogP contribution in [0.15, 0.2) is 0 Å². The van der Waals surface area contributed by atoms with Crippen LogP contribution in [0.5, 0.6) is 0 Å². The molecule has 2 saturated carbocycles. The molecule has 4 atom stereocenters. The van der Waals surface area contributed by atoms with Crippen molar-refractivity contribution in [3.63, 3.8) is 0 Å². The summed E-state index contributed by atoms with van der Waals surface area (Å²) >= 11 is 0. The Balaban J connectivity index is 1.47. The summed E-state index contributed by atoms with van der Waals surface area (Å²) in [5.41, 5.74) is 0. The predicted octanol–water partition coefficient (Wildman–Crippen LogP) is 0.786. The standard InChI is InChI=1S/C15H24N2O3/c1-10(13-7-11-2-3-12(13)6-11)16-14(18)8-17-4-5-20-9-15(17)19/h10-13H,2-9H2,1H3,(H,16,18)/t10-,11+,12+,13-/m1/s1. The second-order valence-electron chi connectivity index (χ2n) is 6.56. The zero-order chi connectivity index (χ0) is 14.1. The van der Waals surface area contributed by atoms with Gasteiger partial charge in [-0.3, -0.25) is 9.59 Å². The van der Waals surface area contributed by atoms with Crippen LogP contribution < -0.4 is 5.32 Å². The van der Waals surface area contributed by atoms with Gasteiger partial charge >= 0.3 is 0 Å². The quantitative estimate of drug-likeness (QED) is 0.828. The summed E-state index contributed by atoms with van der Waals surface area (Å²) in [6, 6.07) is 0.231. The normalized spacial score (nSPS) is 34.4. The van der Waals surface area contributed by atoms with E-state index < -0.39 is 0 Å². The van der Waals surface area contributed by atoms with E-state index in [9.17, 15) is 9.59 Å². The summed E-state index contributed by atoms with van der Waals surface area (Å²) in [6.07, 6.45) is 5.33. The first-order valence-corrected chi connectivity index (χ1v) is 7.78. The monoisotopic (exact) mass is 280 g/mol. The molecule has 2 bridgehead atoms. The molecule has 1 aliphatic heterocycles. The highest BCUT2D eigenvalue weighted by molar-refractivity contribution is 5.85. The topological polar surface area (TPSA) is 58.6 Å². The number of hydrogen-bond donors (Lipinski definition) is 1. The highest BCUT2D eigenvalue weighted by Gasteiger charge is 2.42. The maximum absolute atomic E-state index is 12.1. The molecule has 1 N–H and O–H groups in total. The molecule has 5 nitrogen and oxygen atoms in total. The number of fused-ring (bicyclic) bond motifs is 2. The lowest BCUT2D eigenvalue weighted by Gasteiger charge is -2.30. The average molecular weight is 280 g/mol. The Morgan fingerprint density at radius 2 is 2.30 bits per heavy atom. The zero-order valence-corrected chi connectivity index (χ0v) is 12.1. The average Bonchev–Trinajstić information content (AvgIpc) is 3.03. The minimum atomic E-state index is -0.0843. The van der Waals surface area contributed by atoms with E-state index in [1.165, 1.54) is 25.7 Å². The molecular weight excluding hydrogens is 256 g/mol. The fourth-order valence-corrected chi connectivity index (χ4v) is 4.20. The summed E-state index contributed by atoms with van der Waals surface area (Å²) in [4.78, 5) is 25.3.